The average Bonchev–Trinajstić information content (AvgIpc) is 3.05. The Kier molecular flexibility index (Phi) is 7.66. The van der Waals surface area contributed by atoms with Crippen molar-refractivity contribution in [3.63, 3.8) is 0 Å². The van der Waals surface area contributed by atoms with Crippen LogP contribution in [0, 0.1) is 6.92 Å². The predicted molar refractivity (Wildman–Crippen MR) is 104 cm³/mol. The summed E-state index contributed by atoms with van der Waals surface area (Å²) in [6.45, 7) is 0.747. The van der Waals surface area contributed by atoms with Gasteiger partial charge in [-0.25, -0.2) is 18.1 Å². The lowest BCUT2D eigenvalue weighted by molar-refractivity contribution is -0.148. The van der Waals surface area contributed by atoms with E-state index in [-0.39, 0.29) is 23.6 Å². The Hall–Kier alpha value is -3.25. The zero-order valence-corrected chi connectivity index (χ0v) is 17.5. The summed E-state index contributed by atoms with van der Waals surface area (Å²) in [5.74, 6) is -1.20. The van der Waals surface area contributed by atoms with E-state index in [1.54, 1.807) is 30.7 Å². The second-order valence-corrected chi connectivity index (χ2v) is 7.87. The summed E-state index contributed by atoms with van der Waals surface area (Å²) in [5.41, 5.74) is 0.231. The number of ether oxygens (including phenoxy) is 2. The number of sulfonamides is 1. The average molecular weight is 438 g/mol. The van der Waals surface area contributed by atoms with Gasteiger partial charge in [-0.3, -0.25) is 19.7 Å². The van der Waals surface area contributed by atoms with Gasteiger partial charge in [0.2, 0.25) is 0 Å². The highest BCUT2D eigenvalue weighted by Crippen LogP contribution is 2.11. The number of aromatic nitrogens is 2. The van der Waals surface area contributed by atoms with Crippen molar-refractivity contribution in [2.45, 2.75) is 18.4 Å². The highest BCUT2D eigenvalue weighted by atomic mass is 32.2. The van der Waals surface area contributed by atoms with Crippen LogP contribution in [-0.4, -0.2) is 56.0 Å². The molecule has 2 amide bonds. The van der Waals surface area contributed by atoms with Gasteiger partial charge in [0, 0.05) is 25.4 Å². The van der Waals surface area contributed by atoms with Gasteiger partial charge >= 0.3 is 5.97 Å². The fourth-order valence-electron chi connectivity index (χ4n) is 2.21. The van der Waals surface area contributed by atoms with Crippen LogP contribution in [-0.2, 0) is 31.4 Å². The SMILES string of the molecule is COc1ccc(C(=O)NC(=O)COC(=O)CCNS(=O)(=O)c2cn(C)c(C)n2)cc1. The lowest BCUT2D eigenvalue weighted by Crippen LogP contribution is -2.34. The first kappa shape index (κ1) is 23.0. The second kappa shape index (κ2) is 9.98. The Morgan fingerprint density at radius 1 is 1.17 bits per heavy atom. The van der Waals surface area contributed by atoms with Crippen molar-refractivity contribution in [3.05, 3.63) is 41.9 Å². The lowest BCUT2D eigenvalue weighted by atomic mass is 10.2. The number of benzene rings is 1. The number of hydrogen-bond acceptors (Lipinski definition) is 8. The number of hydrogen-bond donors (Lipinski definition) is 2. The molecule has 0 unspecified atom stereocenters. The van der Waals surface area contributed by atoms with Crippen molar-refractivity contribution >= 4 is 27.8 Å². The van der Waals surface area contributed by atoms with Crippen LogP contribution in [0.15, 0.2) is 35.5 Å². The molecule has 0 aliphatic carbocycles. The fraction of sp³-hybridized carbons (Fsp3) is 0.333. The standard InChI is InChI=1S/C18H22N4O7S/c1-12-20-16(10-22(12)2)30(26,27)19-9-8-17(24)29-11-15(23)21-18(25)13-4-6-14(28-3)7-5-13/h4-7,10,19H,8-9,11H2,1-3H3,(H,21,23,25). The van der Waals surface area contributed by atoms with Crippen molar-refractivity contribution in [2.75, 3.05) is 20.3 Å². The van der Waals surface area contributed by atoms with Gasteiger partial charge in [-0.15, -0.1) is 0 Å². The van der Waals surface area contributed by atoms with E-state index >= 15 is 0 Å². The third-order valence-electron chi connectivity index (χ3n) is 3.95. The van der Waals surface area contributed by atoms with Gasteiger partial charge < -0.3 is 14.0 Å². The van der Waals surface area contributed by atoms with Gasteiger partial charge in [0.1, 0.15) is 11.6 Å². The molecule has 2 N–H and O–H groups in total. The number of aryl methyl sites for hydroxylation is 2. The number of nitrogens with zero attached hydrogens (tertiary/aromatic N) is 2. The highest BCUT2D eigenvalue weighted by Gasteiger charge is 2.19. The Labute approximate surface area is 173 Å². The topological polar surface area (TPSA) is 146 Å². The van der Waals surface area contributed by atoms with Gasteiger partial charge in [-0.2, -0.15) is 0 Å². The number of nitrogens with one attached hydrogen (secondary N) is 2. The summed E-state index contributed by atoms with van der Waals surface area (Å²) in [4.78, 5) is 39.3. The maximum Gasteiger partial charge on any atom is 0.307 e. The first-order valence-electron chi connectivity index (χ1n) is 8.76. The highest BCUT2D eigenvalue weighted by molar-refractivity contribution is 7.89. The molecule has 2 aromatic rings. The number of carbonyl (C=O) groups excluding carboxylic acids is 3. The molecule has 1 aromatic heterocycles. The molecule has 11 nitrogen and oxygen atoms in total. The van der Waals surface area contributed by atoms with E-state index in [0.717, 1.165) is 0 Å². The van der Waals surface area contributed by atoms with Crippen LogP contribution in [0.5, 0.6) is 5.75 Å². The maximum absolute atomic E-state index is 12.1. The molecule has 0 aliphatic heterocycles. The van der Waals surface area contributed by atoms with Crippen molar-refractivity contribution in [3.8, 4) is 5.75 Å². The van der Waals surface area contributed by atoms with Crippen LogP contribution >= 0.6 is 0 Å². The Bertz CT molecular complexity index is 1010. The van der Waals surface area contributed by atoms with Gasteiger partial charge in [0.25, 0.3) is 21.8 Å². The molecule has 30 heavy (non-hydrogen) atoms. The summed E-state index contributed by atoms with van der Waals surface area (Å²) in [5, 5.41) is 1.92. The van der Waals surface area contributed by atoms with E-state index < -0.39 is 34.4 Å². The second-order valence-electron chi connectivity index (χ2n) is 6.15. The van der Waals surface area contributed by atoms with Gasteiger partial charge in [0.15, 0.2) is 11.6 Å². The number of rotatable bonds is 9. The molecule has 0 spiro atoms. The minimum atomic E-state index is -3.86. The zero-order chi connectivity index (χ0) is 22.3. The van der Waals surface area contributed by atoms with E-state index in [2.05, 4.69) is 15.0 Å². The van der Waals surface area contributed by atoms with Gasteiger partial charge in [-0.1, -0.05) is 0 Å². The Balaban J connectivity index is 1.73. The minimum absolute atomic E-state index is 0.160. The number of methoxy groups -OCH3 is 1. The lowest BCUT2D eigenvalue weighted by Gasteiger charge is -2.07. The zero-order valence-electron chi connectivity index (χ0n) is 16.7. The molecule has 0 saturated carbocycles. The molecule has 1 aromatic carbocycles. The fourth-order valence-corrected chi connectivity index (χ4v) is 3.28. The summed E-state index contributed by atoms with van der Waals surface area (Å²) >= 11 is 0. The molecule has 0 fully saturated rings. The van der Waals surface area contributed by atoms with Gasteiger partial charge in [0.05, 0.1) is 13.5 Å². The Morgan fingerprint density at radius 2 is 1.83 bits per heavy atom. The first-order chi connectivity index (χ1) is 14.1. The Morgan fingerprint density at radius 3 is 2.40 bits per heavy atom. The first-order valence-corrected chi connectivity index (χ1v) is 10.2. The molecule has 2 rings (SSSR count). The predicted octanol–water partition coefficient (Wildman–Crippen LogP) is -0.0947. The molecular formula is C18H22N4O7S. The molecule has 12 heteroatoms. The third kappa shape index (κ3) is 6.39. The molecule has 0 aliphatic rings. The number of esters is 1. The van der Waals surface area contributed by atoms with Crippen LogP contribution < -0.4 is 14.8 Å². The molecule has 0 saturated heterocycles. The van der Waals surface area contributed by atoms with Crippen LogP contribution in [0.2, 0.25) is 0 Å². The summed E-state index contributed by atoms with van der Waals surface area (Å²) in [7, 11) is -0.724. The van der Waals surface area contributed by atoms with Crippen molar-refractivity contribution in [2.24, 2.45) is 7.05 Å². The van der Waals surface area contributed by atoms with E-state index in [1.165, 1.54) is 25.4 Å². The number of imide groups is 1. The molecule has 162 valence electrons. The molecule has 0 bridgehead atoms. The molecule has 1 heterocycles. The number of amides is 2. The molecule has 0 radical (unpaired) electrons. The molecular weight excluding hydrogens is 416 g/mol. The normalized spacial score (nSPS) is 11.0. The van der Waals surface area contributed by atoms with Crippen LogP contribution in [0.25, 0.3) is 0 Å². The minimum Gasteiger partial charge on any atom is -0.497 e. The summed E-state index contributed by atoms with van der Waals surface area (Å²) in [6, 6.07) is 6.07. The van der Waals surface area contributed by atoms with E-state index in [4.69, 9.17) is 9.47 Å². The van der Waals surface area contributed by atoms with Crippen molar-refractivity contribution in [1.29, 1.82) is 0 Å². The summed E-state index contributed by atoms with van der Waals surface area (Å²) < 4.78 is 37.7. The van der Waals surface area contributed by atoms with Crippen LogP contribution in [0.1, 0.15) is 22.6 Å². The molecule has 0 atom stereocenters. The van der Waals surface area contributed by atoms with Crippen molar-refractivity contribution < 1.29 is 32.3 Å². The number of imidazole rings is 1. The van der Waals surface area contributed by atoms with Crippen LogP contribution in [0.3, 0.4) is 0 Å². The van der Waals surface area contributed by atoms with E-state index in [9.17, 15) is 22.8 Å². The van der Waals surface area contributed by atoms with E-state index in [0.29, 0.717) is 11.6 Å². The monoisotopic (exact) mass is 438 g/mol. The van der Waals surface area contributed by atoms with Gasteiger partial charge in [-0.05, 0) is 31.2 Å². The van der Waals surface area contributed by atoms with Crippen molar-refractivity contribution in [1.82, 2.24) is 19.6 Å². The van der Waals surface area contributed by atoms with E-state index in [1.807, 2.05) is 0 Å². The van der Waals surface area contributed by atoms with Crippen LogP contribution in [0.4, 0.5) is 0 Å². The summed E-state index contributed by atoms with van der Waals surface area (Å²) in [6.07, 6.45) is 1.05. The quantitative estimate of drug-likeness (QED) is 0.517. The third-order valence-corrected chi connectivity index (χ3v) is 5.28. The maximum atomic E-state index is 12.1. The smallest absolute Gasteiger partial charge is 0.307 e. The largest absolute Gasteiger partial charge is 0.497 e. The number of carbonyl (C=O) groups is 3.